The summed E-state index contributed by atoms with van der Waals surface area (Å²) in [6.45, 7) is 1.99. The highest BCUT2D eigenvalue weighted by molar-refractivity contribution is 7.99. The van der Waals surface area contributed by atoms with Crippen molar-refractivity contribution in [1.82, 2.24) is 14.8 Å². The minimum absolute atomic E-state index is 0.0295. The zero-order valence-electron chi connectivity index (χ0n) is 14.9. The van der Waals surface area contributed by atoms with Gasteiger partial charge in [-0.25, -0.2) is 9.67 Å². The third-order valence-electron chi connectivity index (χ3n) is 4.02. The van der Waals surface area contributed by atoms with Gasteiger partial charge in [-0.2, -0.15) is 18.3 Å². The van der Waals surface area contributed by atoms with Crippen molar-refractivity contribution in [3.05, 3.63) is 71.8 Å². The number of nitrogens with zero attached hydrogens (tertiary/aromatic N) is 3. The van der Waals surface area contributed by atoms with Crippen molar-refractivity contribution in [2.24, 2.45) is 0 Å². The summed E-state index contributed by atoms with van der Waals surface area (Å²) in [6.07, 6.45) is -1.90. The Labute approximate surface area is 164 Å². The molecule has 0 aliphatic carbocycles. The number of hydrogen-bond acceptors (Lipinski definition) is 4. The van der Waals surface area contributed by atoms with Crippen molar-refractivity contribution < 1.29 is 18.0 Å². The van der Waals surface area contributed by atoms with Crippen LogP contribution < -0.4 is 5.32 Å². The maximum atomic E-state index is 13.1. The second-order valence-corrected chi connectivity index (χ2v) is 7.02. The highest BCUT2D eigenvalue weighted by atomic mass is 32.2. The van der Waals surface area contributed by atoms with Crippen molar-refractivity contribution in [3.8, 4) is 5.69 Å². The normalized spacial score (nSPS) is 11.4. The van der Waals surface area contributed by atoms with Gasteiger partial charge in [-0.05, 0) is 36.2 Å². The molecule has 0 aliphatic rings. The van der Waals surface area contributed by atoms with E-state index >= 15 is 0 Å². The van der Waals surface area contributed by atoms with Crippen LogP contribution in [0.2, 0.25) is 0 Å². The number of aryl methyl sites for hydroxylation is 1. The summed E-state index contributed by atoms with van der Waals surface area (Å²) in [7, 11) is 0. The summed E-state index contributed by atoms with van der Waals surface area (Å²) < 4.78 is 40.5. The number of halogens is 3. The molecule has 0 saturated heterocycles. The Balaban J connectivity index is 1.72. The molecule has 3 aromatic rings. The predicted molar refractivity (Wildman–Crippen MR) is 102 cm³/mol. The third kappa shape index (κ3) is 4.92. The van der Waals surface area contributed by atoms with E-state index in [1.807, 2.05) is 31.2 Å². The molecule has 1 heterocycles. The predicted octanol–water partition coefficient (Wildman–Crippen LogP) is 4.47. The molecule has 0 radical (unpaired) electrons. The van der Waals surface area contributed by atoms with Crippen molar-refractivity contribution in [3.63, 3.8) is 0 Å². The molecule has 28 heavy (non-hydrogen) atoms. The van der Waals surface area contributed by atoms with E-state index in [0.717, 1.165) is 23.3 Å². The number of alkyl halides is 3. The van der Waals surface area contributed by atoms with Gasteiger partial charge in [-0.3, -0.25) is 4.79 Å². The van der Waals surface area contributed by atoms with Gasteiger partial charge < -0.3 is 5.32 Å². The van der Waals surface area contributed by atoms with E-state index in [1.54, 1.807) is 0 Å². The first-order valence-electron chi connectivity index (χ1n) is 8.33. The lowest BCUT2D eigenvalue weighted by Gasteiger charge is -2.14. The zero-order valence-corrected chi connectivity index (χ0v) is 15.7. The first-order chi connectivity index (χ1) is 13.3. The molecule has 1 N–H and O–H groups in total. The van der Waals surface area contributed by atoms with E-state index in [4.69, 9.17) is 0 Å². The Morgan fingerprint density at radius 3 is 2.68 bits per heavy atom. The fourth-order valence-electron chi connectivity index (χ4n) is 2.56. The Morgan fingerprint density at radius 2 is 2.00 bits per heavy atom. The number of hydrogen-bond donors (Lipinski definition) is 1. The molecule has 0 unspecified atom stereocenters. The molecule has 0 fully saturated rings. The highest BCUT2D eigenvalue weighted by Crippen LogP contribution is 2.33. The molecule has 5 nitrogen and oxygen atoms in total. The van der Waals surface area contributed by atoms with Gasteiger partial charge in [0.2, 0.25) is 5.91 Å². The lowest BCUT2D eigenvalue weighted by atomic mass is 10.1. The first kappa shape index (κ1) is 19.9. The summed E-state index contributed by atoms with van der Waals surface area (Å²) in [6, 6.07) is 10.9. The molecule has 0 saturated carbocycles. The van der Waals surface area contributed by atoms with Crippen LogP contribution in [0.4, 0.5) is 18.9 Å². The van der Waals surface area contributed by atoms with Gasteiger partial charge >= 0.3 is 6.18 Å². The number of anilines is 1. The van der Waals surface area contributed by atoms with E-state index in [1.165, 1.54) is 35.2 Å². The average Bonchev–Trinajstić information content (AvgIpc) is 3.17. The number of carbonyl (C=O) groups excluding carboxylic acids is 1. The van der Waals surface area contributed by atoms with Crippen molar-refractivity contribution in [1.29, 1.82) is 0 Å². The Kier molecular flexibility index (Phi) is 6.03. The largest absolute Gasteiger partial charge is 0.416 e. The third-order valence-corrected chi connectivity index (χ3v) is 5.00. The van der Waals surface area contributed by atoms with Crippen LogP contribution in [0.15, 0.2) is 55.1 Å². The minimum atomic E-state index is -4.51. The average molecular weight is 406 g/mol. The van der Waals surface area contributed by atoms with Gasteiger partial charge in [0.1, 0.15) is 12.7 Å². The molecule has 3 rings (SSSR count). The van der Waals surface area contributed by atoms with Crippen LogP contribution in [-0.4, -0.2) is 26.4 Å². The highest BCUT2D eigenvalue weighted by Gasteiger charge is 2.31. The van der Waals surface area contributed by atoms with E-state index in [9.17, 15) is 18.0 Å². The van der Waals surface area contributed by atoms with Gasteiger partial charge in [0.15, 0.2) is 0 Å². The first-order valence-corrected chi connectivity index (χ1v) is 9.48. The van der Waals surface area contributed by atoms with E-state index in [0.29, 0.717) is 11.4 Å². The summed E-state index contributed by atoms with van der Waals surface area (Å²) >= 11 is 1.39. The van der Waals surface area contributed by atoms with Crippen molar-refractivity contribution in [2.45, 2.75) is 18.9 Å². The van der Waals surface area contributed by atoms with Gasteiger partial charge in [-0.1, -0.05) is 24.3 Å². The molecule has 0 bridgehead atoms. The standard InChI is InChI=1S/C19H17F3N4OS/c1-13-4-2-3-5-14(13)9-28-10-18(27)25-16-8-15(19(20,21)22)6-7-17(16)26-12-23-11-24-26/h2-8,11-12H,9-10H2,1H3,(H,25,27). The number of benzene rings is 2. The summed E-state index contributed by atoms with van der Waals surface area (Å²) in [5.41, 5.74) is 1.73. The monoisotopic (exact) mass is 406 g/mol. The molecular formula is C19H17F3N4OS. The van der Waals surface area contributed by atoms with Gasteiger partial charge in [-0.15, -0.1) is 11.8 Å². The van der Waals surface area contributed by atoms with Crippen molar-refractivity contribution >= 4 is 23.4 Å². The van der Waals surface area contributed by atoms with Crippen LogP contribution in [-0.2, 0) is 16.7 Å². The number of thioether (sulfide) groups is 1. The summed E-state index contributed by atoms with van der Waals surface area (Å²) in [4.78, 5) is 16.1. The molecule has 0 aliphatic heterocycles. The lowest BCUT2D eigenvalue weighted by molar-refractivity contribution is -0.137. The van der Waals surface area contributed by atoms with Crippen LogP contribution >= 0.6 is 11.8 Å². The van der Waals surface area contributed by atoms with Gasteiger partial charge in [0.05, 0.1) is 22.7 Å². The van der Waals surface area contributed by atoms with Crippen LogP contribution in [0.3, 0.4) is 0 Å². The fourth-order valence-corrected chi connectivity index (χ4v) is 3.46. The second-order valence-electron chi connectivity index (χ2n) is 6.04. The molecule has 0 spiro atoms. The fraction of sp³-hybridized carbons (Fsp3) is 0.211. The van der Waals surface area contributed by atoms with E-state index < -0.39 is 11.7 Å². The maximum Gasteiger partial charge on any atom is 0.416 e. The smallest absolute Gasteiger partial charge is 0.323 e. The van der Waals surface area contributed by atoms with Gasteiger partial charge in [0, 0.05) is 5.75 Å². The number of nitrogens with one attached hydrogen (secondary N) is 1. The number of aromatic nitrogens is 3. The molecule has 146 valence electrons. The molecule has 1 amide bonds. The number of rotatable bonds is 6. The van der Waals surface area contributed by atoms with Crippen LogP contribution in [0.1, 0.15) is 16.7 Å². The molecule has 0 atom stereocenters. The van der Waals surface area contributed by atoms with Crippen LogP contribution in [0.5, 0.6) is 0 Å². The quantitative estimate of drug-likeness (QED) is 0.656. The zero-order chi connectivity index (χ0) is 20.1. The van der Waals surface area contributed by atoms with E-state index in [2.05, 4.69) is 15.4 Å². The maximum absolute atomic E-state index is 13.1. The minimum Gasteiger partial charge on any atom is -0.323 e. The molecule has 9 heteroatoms. The summed E-state index contributed by atoms with van der Waals surface area (Å²) in [5.74, 6) is 0.360. The Hall–Kier alpha value is -2.81. The molecule has 1 aromatic heterocycles. The second kappa shape index (κ2) is 8.47. The molecule has 2 aromatic carbocycles. The van der Waals surface area contributed by atoms with Crippen LogP contribution in [0, 0.1) is 6.92 Å². The van der Waals surface area contributed by atoms with Crippen molar-refractivity contribution in [2.75, 3.05) is 11.1 Å². The van der Waals surface area contributed by atoms with Crippen LogP contribution in [0.25, 0.3) is 5.69 Å². The Bertz CT molecular complexity index is 958. The number of carbonyl (C=O) groups is 1. The number of amides is 1. The SMILES string of the molecule is Cc1ccccc1CSCC(=O)Nc1cc(C(F)(F)F)ccc1-n1cncn1. The van der Waals surface area contributed by atoms with Gasteiger partial charge in [0.25, 0.3) is 0 Å². The topological polar surface area (TPSA) is 59.8 Å². The Morgan fingerprint density at radius 1 is 1.21 bits per heavy atom. The summed E-state index contributed by atoms with van der Waals surface area (Å²) in [5, 5.41) is 6.49. The molecular weight excluding hydrogens is 389 g/mol. The van der Waals surface area contributed by atoms with E-state index in [-0.39, 0.29) is 17.3 Å². The lowest BCUT2D eigenvalue weighted by Crippen LogP contribution is -2.17.